The zero-order valence-corrected chi connectivity index (χ0v) is 14.6. The number of sulfonamides is 1. The fraction of sp³-hybridized carbons (Fsp3) is 0.235. The van der Waals surface area contributed by atoms with Gasteiger partial charge in [0.2, 0.25) is 5.91 Å². The summed E-state index contributed by atoms with van der Waals surface area (Å²) in [5.41, 5.74) is 1.63. The van der Waals surface area contributed by atoms with Crippen molar-refractivity contribution in [3.8, 4) is 5.75 Å². The van der Waals surface area contributed by atoms with Crippen molar-refractivity contribution in [2.45, 2.75) is 25.7 Å². The highest BCUT2D eigenvalue weighted by Gasteiger charge is 2.16. The molecule has 2 aromatic rings. The van der Waals surface area contributed by atoms with Crippen molar-refractivity contribution in [1.29, 1.82) is 0 Å². The SMILES string of the molecule is CCOc1ccc(S(=O)(=O)Nc2cccc(NC(C)=O)c2)cc1C. The molecular weight excluding hydrogens is 328 g/mol. The Morgan fingerprint density at radius 1 is 1.12 bits per heavy atom. The fourth-order valence-corrected chi connectivity index (χ4v) is 3.32. The van der Waals surface area contributed by atoms with Crippen molar-refractivity contribution in [2.24, 2.45) is 0 Å². The monoisotopic (exact) mass is 348 g/mol. The molecule has 0 bridgehead atoms. The van der Waals surface area contributed by atoms with E-state index in [2.05, 4.69) is 10.0 Å². The molecule has 2 rings (SSSR count). The van der Waals surface area contributed by atoms with Gasteiger partial charge in [-0.3, -0.25) is 9.52 Å². The second-order valence-electron chi connectivity index (χ2n) is 5.23. The van der Waals surface area contributed by atoms with Gasteiger partial charge in [-0.05, 0) is 55.8 Å². The van der Waals surface area contributed by atoms with Crippen LogP contribution in [0.2, 0.25) is 0 Å². The Bertz CT molecular complexity index is 847. The van der Waals surface area contributed by atoms with E-state index in [4.69, 9.17) is 4.74 Å². The zero-order valence-electron chi connectivity index (χ0n) is 13.8. The van der Waals surface area contributed by atoms with Gasteiger partial charge in [0.25, 0.3) is 10.0 Å². The Kier molecular flexibility index (Phi) is 5.46. The average molecular weight is 348 g/mol. The van der Waals surface area contributed by atoms with Gasteiger partial charge in [-0.25, -0.2) is 8.42 Å². The Hall–Kier alpha value is -2.54. The Morgan fingerprint density at radius 2 is 1.83 bits per heavy atom. The van der Waals surface area contributed by atoms with Crippen molar-refractivity contribution < 1.29 is 17.9 Å². The summed E-state index contributed by atoms with van der Waals surface area (Å²) < 4.78 is 33.0. The third kappa shape index (κ3) is 4.48. The Morgan fingerprint density at radius 3 is 2.46 bits per heavy atom. The minimum atomic E-state index is -3.73. The number of hydrogen-bond donors (Lipinski definition) is 2. The molecule has 0 aliphatic heterocycles. The number of benzene rings is 2. The van der Waals surface area contributed by atoms with Gasteiger partial charge in [0.1, 0.15) is 5.75 Å². The summed E-state index contributed by atoms with van der Waals surface area (Å²) in [6.07, 6.45) is 0. The number of nitrogens with one attached hydrogen (secondary N) is 2. The van der Waals surface area contributed by atoms with E-state index in [-0.39, 0.29) is 10.8 Å². The first-order chi connectivity index (χ1) is 11.3. The minimum absolute atomic E-state index is 0.147. The van der Waals surface area contributed by atoms with E-state index in [1.807, 2.05) is 6.92 Å². The molecule has 0 unspecified atom stereocenters. The molecule has 0 spiro atoms. The van der Waals surface area contributed by atoms with Gasteiger partial charge in [0, 0.05) is 12.6 Å². The molecule has 0 radical (unpaired) electrons. The predicted octanol–water partition coefficient (Wildman–Crippen LogP) is 3.15. The minimum Gasteiger partial charge on any atom is -0.494 e. The highest BCUT2D eigenvalue weighted by Crippen LogP contribution is 2.24. The van der Waals surface area contributed by atoms with Crippen molar-refractivity contribution >= 4 is 27.3 Å². The number of ether oxygens (including phenoxy) is 1. The maximum Gasteiger partial charge on any atom is 0.261 e. The van der Waals surface area contributed by atoms with Crippen LogP contribution in [0.1, 0.15) is 19.4 Å². The molecule has 0 aromatic heterocycles. The highest BCUT2D eigenvalue weighted by molar-refractivity contribution is 7.92. The topological polar surface area (TPSA) is 84.5 Å². The van der Waals surface area contributed by atoms with Crippen LogP contribution in [0.5, 0.6) is 5.75 Å². The highest BCUT2D eigenvalue weighted by atomic mass is 32.2. The van der Waals surface area contributed by atoms with Crippen LogP contribution >= 0.6 is 0 Å². The molecule has 0 atom stereocenters. The van der Waals surface area contributed by atoms with Crippen molar-refractivity contribution in [2.75, 3.05) is 16.6 Å². The molecule has 0 fully saturated rings. The van der Waals surface area contributed by atoms with Gasteiger partial charge in [-0.15, -0.1) is 0 Å². The van der Waals surface area contributed by atoms with Crippen LogP contribution in [0.4, 0.5) is 11.4 Å². The average Bonchev–Trinajstić information content (AvgIpc) is 2.48. The largest absolute Gasteiger partial charge is 0.494 e. The van der Waals surface area contributed by atoms with Crippen molar-refractivity contribution in [3.05, 3.63) is 48.0 Å². The van der Waals surface area contributed by atoms with Gasteiger partial charge < -0.3 is 10.1 Å². The van der Waals surface area contributed by atoms with Gasteiger partial charge in [0.15, 0.2) is 0 Å². The molecule has 0 aliphatic rings. The normalized spacial score (nSPS) is 11.0. The summed E-state index contributed by atoms with van der Waals surface area (Å²) in [5.74, 6) is 0.432. The molecule has 2 aromatic carbocycles. The standard InChI is InChI=1S/C17H20N2O4S/c1-4-23-17-9-8-16(10-12(17)2)24(21,22)19-15-7-5-6-14(11-15)18-13(3)20/h5-11,19H,4H2,1-3H3,(H,18,20). The molecule has 0 heterocycles. The van der Waals surface area contributed by atoms with Crippen LogP contribution in [0.25, 0.3) is 0 Å². The molecule has 1 amide bonds. The van der Waals surface area contributed by atoms with E-state index in [0.717, 1.165) is 5.56 Å². The number of hydrogen-bond acceptors (Lipinski definition) is 4. The maximum absolute atomic E-state index is 12.5. The smallest absolute Gasteiger partial charge is 0.261 e. The van der Waals surface area contributed by atoms with E-state index in [1.165, 1.54) is 13.0 Å². The molecule has 6 nitrogen and oxygen atoms in total. The van der Waals surface area contributed by atoms with Crippen LogP contribution < -0.4 is 14.8 Å². The van der Waals surface area contributed by atoms with Gasteiger partial charge in [0.05, 0.1) is 17.2 Å². The lowest BCUT2D eigenvalue weighted by Gasteiger charge is -2.12. The number of carbonyl (C=O) groups excluding carboxylic acids is 1. The maximum atomic E-state index is 12.5. The molecule has 128 valence electrons. The third-order valence-corrected chi connectivity index (χ3v) is 4.57. The molecule has 2 N–H and O–H groups in total. The summed E-state index contributed by atoms with van der Waals surface area (Å²) in [6, 6.07) is 11.2. The van der Waals surface area contributed by atoms with Crippen LogP contribution in [0.3, 0.4) is 0 Å². The Balaban J connectivity index is 2.25. The first-order valence-electron chi connectivity index (χ1n) is 7.46. The molecule has 0 aliphatic carbocycles. The lowest BCUT2D eigenvalue weighted by atomic mass is 10.2. The number of carbonyl (C=O) groups is 1. The fourth-order valence-electron chi connectivity index (χ4n) is 2.18. The van der Waals surface area contributed by atoms with Crippen LogP contribution in [0, 0.1) is 6.92 Å². The third-order valence-electron chi connectivity index (χ3n) is 3.19. The second kappa shape index (κ2) is 7.35. The van der Waals surface area contributed by atoms with Crippen LogP contribution in [0.15, 0.2) is 47.4 Å². The number of aryl methyl sites for hydroxylation is 1. The first kappa shape index (κ1) is 17.8. The number of anilines is 2. The molecular formula is C17H20N2O4S. The quantitative estimate of drug-likeness (QED) is 0.840. The van der Waals surface area contributed by atoms with Crippen molar-refractivity contribution in [3.63, 3.8) is 0 Å². The molecule has 0 saturated heterocycles. The number of rotatable bonds is 6. The van der Waals surface area contributed by atoms with Gasteiger partial charge in [-0.1, -0.05) is 6.07 Å². The second-order valence-corrected chi connectivity index (χ2v) is 6.91. The van der Waals surface area contributed by atoms with Gasteiger partial charge in [-0.2, -0.15) is 0 Å². The van der Waals surface area contributed by atoms with E-state index in [0.29, 0.717) is 23.7 Å². The lowest BCUT2D eigenvalue weighted by molar-refractivity contribution is -0.114. The van der Waals surface area contributed by atoms with Crippen molar-refractivity contribution in [1.82, 2.24) is 0 Å². The summed E-state index contributed by atoms with van der Waals surface area (Å²) in [4.78, 5) is 11.2. The summed E-state index contributed by atoms with van der Waals surface area (Å²) in [7, 11) is -3.73. The first-order valence-corrected chi connectivity index (χ1v) is 8.94. The van der Waals surface area contributed by atoms with Crippen LogP contribution in [-0.4, -0.2) is 20.9 Å². The predicted molar refractivity (Wildman–Crippen MR) is 93.9 cm³/mol. The number of amides is 1. The Labute approximate surface area is 141 Å². The molecule has 7 heteroatoms. The van der Waals surface area contributed by atoms with E-state index >= 15 is 0 Å². The zero-order chi connectivity index (χ0) is 17.7. The summed E-state index contributed by atoms with van der Waals surface area (Å²) in [6.45, 7) is 5.57. The molecule has 24 heavy (non-hydrogen) atoms. The lowest BCUT2D eigenvalue weighted by Crippen LogP contribution is -2.14. The van der Waals surface area contributed by atoms with E-state index < -0.39 is 10.0 Å². The summed E-state index contributed by atoms with van der Waals surface area (Å²) >= 11 is 0. The van der Waals surface area contributed by atoms with E-state index in [1.54, 1.807) is 43.3 Å². The van der Waals surface area contributed by atoms with Gasteiger partial charge >= 0.3 is 0 Å². The summed E-state index contributed by atoms with van der Waals surface area (Å²) in [5, 5.41) is 2.61. The van der Waals surface area contributed by atoms with Crippen LogP contribution in [-0.2, 0) is 14.8 Å². The van der Waals surface area contributed by atoms with E-state index in [9.17, 15) is 13.2 Å². The molecule has 0 saturated carbocycles.